The standard InChI is InChI=1S/C22H30FN5O3/c1-3-5-13-27(19-20(24)28(11-4-2)22(31)25-21(19)30)17(29)14-26-12-7-9-15-8-6-10-16(23)18(15)26/h6,8,10H,3-5,7,9,11-14,24H2,1-2H3,(H,25,30,31). The molecule has 31 heavy (non-hydrogen) atoms. The molecule has 1 aliphatic rings. The number of carbonyl (C=O) groups excluding carboxylic acids is 1. The Balaban J connectivity index is 1.98. The Labute approximate surface area is 180 Å². The van der Waals surface area contributed by atoms with Gasteiger partial charge in [-0.2, -0.15) is 0 Å². The van der Waals surface area contributed by atoms with Crippen molar-refractivity contribution in [2.45, 2.75) is 52.5 Å². The highest BCUT2D eigenvalue weighted by Gasteiger charge is 2.28. The number of fused-ring (bicyclic) bond motifs is 1. The summed E-state index contributed by atoms with van der Waals surface area (Å²) in [5.41, 5.74) is 6.20. The van der Waals surface area contributed by atoms with Crippen molar-refractivity contribution in [3.05, 3.63) is 50.4 Å². The first-order valence-corrected chi connectivity index (χ1v) is 10.8. The molecule has 168 valence electrons. The van der Waals surface area contributed by atoms with E-state index < -0.39 is 11.2 Å². The van der Waals surface area contributed by atoms with Crippen LogP contribution >= 0.6 is 0 Å². The van der Waals surface area contributed by atoms with Gasteiger partial charge in [-0.25, -0.2) is 9.18 Å². The fraction of sp³-hybridized carbons (Fsp3) is 0.500. The summed E-state index contributed by atoms with van der Waals surface area (Å²) in [4.78, 5) is 43.5. The molecule has 0 unspecified atom stereocenters. The number of aromatic nitrogens is 2. The molecule has 0 atom stereocenters. The fourth-order valence-electron chi connectivity index (χ4n) is 4.06. The molecule has 0 aliphatic carbocycles. The first-order chi connectivity index (χ1) is 14.9. The van der Waals surface area contributed by atoms with Crippen LogP contribution in [0.25, 0.3) is 0 Å². The van der Waals surface area contributed by atoms with E-state index in [2.05, 4.69) is 4.98 Å². The van der Waals surface area contributed by atoms with Crippen LogP contribution in [0.15, 0.2) is 27.8 Å². The van der Waals surface area contributed by atoms with Gasteiger partial charge in [0.05, 0.1) is 12.2 Å². The Kier molecular flexibility index (Phi) is 7.14. The first kappa shape index (κ1) is 22.6. The molecule has 9 heteroatoms. The van der Waals surface area contributed by atoms with E-state index in [0.717, 1.165) is 24.8 Å². The number of nitrogen functional groups attached to an aromatic ring is 1. The molecule has 3 rings (SSSR count). The van der Waals surface area contributed by atoms with E-state index in [1.165, 1.54) is 15.5 Å². The monoisotopic (exact) mass is 431 g/mol. The van der Waals surface area contributed by atoms with Gasteiger partial charge >= 0.3 is 5.69 Å². The van der Waals surface area contributed by atoms with Crippen molar-refractivity contribution < 1.29 is 9.18 Å². The number of nitrogens with zero attached hydrogens (tertiary/aromatic N) is 3. The molecule has 0 saturated heterocycles. The molecule has 2 aromatic rings. The van der Waals surface area contributed by atoms with Gasteiger partial charge in [0.25, 0.3) is 5.56 Å². The number of para-hydroxylation sites is 1. The Morgan fingerprint density at radius 1 is 1.26 bits per heavy atom. The highest BCUT2D eigenvalue weighted by Crippen LogP contribution is 2.30. The van der Waals surface area contributed by atoms with Crippen molar-refractivity contribution in [1.29, 1.82) is 0 Å². The predicted molar refractivity (Wildman–Crippen MR) is 120 cm³/mol. The van der Waals surface area contributed by atoms with Crippen LogP contribution in [0.4, 0.5) is 21.6 Å². The molecule has 0 radical (unpaired) electrons. The highest BCUT2D eigenvalue weighted by atomic mass is 19.1. The van der Waals surface area contributed by atoms with E-state index in [1.54, 1.807) is 11.0 Å². The first-order valence-electron chi connectivity index (χ1n) is 10.8. The summed E-state index contributed by atoms with van der Waals surface area (Å²) in [5.74, 6) is -0.743. The molecule has 0 fully saturated rings. The minimum atomic E-state index is -0.690. The third-order valence-corrected chi connectivity index (χ3v) is 5.55. The van der Waals surface area contributed by atoms with Crippen LogP contribution < -0.4 is 26.8 Å². The highest BCUT2D eigenvalue weighted by molar-refractivity contribution is 5.98. The lowest BCUT2D eigenvalue weighted by Gasteiger charge is -2.33. The Morgan fingerprint density at radius 3 is 2.74 bits per heavy atom. The summed E-state index contributed by atoms with van der Waals surface area (Å²) >= 11 is 0. The molecule has 1 aromatic heterocycles. The summed E-state index contributed by atoms with van der Waals surface area (Å²) in [6.45, 7) is 4.94. The molecule has 3 N–H and O–H groups in total. The van der Waals surface area contributed by atoms with Crippen LogP contribution in [0.1, 0.15) is 45.1 Å². The number of hydrogen-bond acceptors (Lipinski definition) is 5. The maximum atomic E-state index is 14.5. The minimum Gasteiger partial charge on any atom is -0.383 e. The van der Waals surface area contributed by atoms with Crippen LogP contribution in [-0.4, -0.2) is 35.1 Å². The number of unbranched alkanes of at least 4 members (excludes halogenated alkanes) is 1. The van der Waals surface area contributed by atoms with Gasteiger partial charge in [0.1, 0.15) is 11.6 Å². The van der Waals surface area contributed by atoms with Gasteiger partial charge in [-0.05, 0) is 37.3 Å². The summed E-state index contributed by atoms with van der Waals surface area (Å²) in [6.07, 6.45) is 3.66. The third kappa shape index (κ3) is 4.65. The maximum absolute atomic E-state index is 14.5. The predicted octanol–water partition coefficient (Wildman–Crippen LogP) is 2.25. The van der Waals surface area contributed by atoms with Crippen molar-refractivity contribution >= 4 is 23.1 Å². The molecule has 1 aliphatic heterocycles. The van der Waals surface area contributed by atoms with Crippen molar-refractivity contribution in [3.8, 4) is 0 Å². The zero-order valence-electron chi connectivity index (χ0n) is 18.1. The number of benzene rings is 1. The van der Waals surface area contributed by atoms with Crippen LogP contribution in [0.2, 0.25) is 0 Å². The van der Waals surface area contributed by atoms with Crippen LogP contribution in [0.3, 0.4) is 0 Å². The topological polar surface area (TPSA) is 104 Å². The van der Waals surface area contributed by atoms with E-state index in [9.17, 15) is 18.8 Å². The number of anilines is 3. The van der Waals surface area contributed by atoms with E-state index >= 15 is 0 Å². The van der Waals surface area contributed by atoms with E-state index in [-0.39, 0.29) is 36.3 Å². The zero-order chi connectivity index (χ0) is 22.5. The Bertz CT molecular complexity index is 1060. The number of carbonyl (C=O) groups is 1. The molecule has 1 amide bonds. The maximum Gasteiger partial charge on any atom is 0.330 e. The molecular formula is C22H30FN5O3. The SMILES string of the molecule is CCCCN(C(=O)CN1CCCc2cccc(F)c21)c1c(N)n(CCC)c(=O)[nH]c1=O. The van der Waals surface area contributed by atoms with Crippen LogP contribution in [0, 0.1) is 5.82 Å². The van der Waals surface area contributed by atoms with Gasteiger partial charge in [-0.1, -0.05) is 32.4 Å². The average Bonchev–Trinajstić information content (AvgIpc) is 2.73. The minimum absolute atomic E-state index is 0.0164. The number of rotatable bonds is 8. The van der Waals surface area contributed by atoms with Crippen LogP contribution in [0.5, 0.6) is 0 Å². The molecule has 0 spiro atoms. The number of H-pyrrole nitrogens is 1. The molecular weight excluding hydrogens is 401 g/mol. The van der Waals surface area contributed by atoms with Gasteiger partial charge in [0, 0.05) is 19.6 Å². The lowest BCUT2D eigenvalue weighted by molar-refractivity contribution is -0.117. The number of aromatic amines is 1. The summed E-state index contributed by atoms with van der Waals surface area (Å²) in [7, 11) is 0. The number of nitrogens with two attached hydrogens (primary N) is 1. The second-order valence-corrected chi connectivity index (χ2v) is 7.82. The quantitative estimate of drug-likeness (QED) is 0.667. The second-order valence-electron chi connectivity index (χ2n) is 7.82. The van der Waals surface area contributed by atoms with E-state index in [1.807, 2.05) is 19.9 Å². The molecule has 2 heterocycles. The summed E-state index contributed by atoms with van der Waals surface area (Å²) in [5, 5.41) is 0. The number of aryl methyl sites for hydroxylation is 1. The lowest BCUT2D eigenvalue weighted by atomic mass is 10.0. The van der Waals surface area contributed by atoms with Gasteiger partial charge in [0.2, 0.25) is 5.91 Å². The fourth-order valence-corrected chi connectivity index (χ4v) is 4.06. The van der Waals surface area contributed by atoms with Gasteiger partial charge < -0.3 is 15.5 Å². The van der Waals surface area contributed by atoms with Gasteiger partial charge in [-0.3, -0.25) is 19.1 Å². The summed E-state index contributed by atoms with van der Waals surface area (Å²) < 4.78 is 15.8. The van der Waals surface area contributed by atoms with E-state index in [0.29, 0.717) is 31.6 Å². The van der Waals surface area contributed by atoms with E-state index in [4.69, 9.17) is 5.73 Å². The normalized spacial score (nSPS) is 13.2. The Hall–Kier alpha value is -3.10. The van der Waals surface area contributed by atoms with Crippen molar-refractivity contribution in [2.24, 2.45) is 0 Å². The average molecular weight is 432 g/mol. The molecule has 0 bridgehead atoms. The van der Waals surface area contributed by atoms with Gasteiger partial charge in [0.15, 0.2) is 5.69 Å². The molecule has 8 nitrogen and oxygen atoms in total. The largest absolute Gasteiger partial charge is 0.383 e. The Morgan fingerprint density at radius 2 is 2.03 bits per heavy atom. The third-order valence-electron chi connectivity index (χ3n) is 5.55. The number of hydrogen-bond donors (Lipinski definition) is 2. The smallest absolute Gasteiger partial charge is 0.330 e. The number of halogens is 1. The van der Waals surface area contributed by atoms with Crippen molar-refractivity contribution in [2.75, 3.05) is 35.2 Å². The summed E-state index contributed by atoms with van der Waals surface area (Å²) in [6, 6.07) is 4.93. The van der Waals surface area contributed by atoms with Gasteiger partial charge in [-0.15, -0.1) is 0 Å². The number of nitrogens with one attached hydrogen (secondary N) is 1. The number of amides is 1. The second kappa shape index (κ2) is 9.80. The molecule has 0 saturated carbocycles. The van der Waals surface area contributed by atoms with Crippen molar-refractivity contribution in [1.82, 2.24) is 9.55 Å². The lowest BCUT2D eigenvalue weighted by Crippen LogP contribution is -2.46. The zero-order valence-corrected chi connectivity index (χ0v) is 18.1. The van der Waals surface area contributed by atoms with Crippen LogP contribution in [-0.2, 0) is 17.8 Å². The molecule has 1 aromatic carbocycles. The van der Waals surface area contributed by atoms with Crippen molar-refractivity contribution in [3.63, 3.8) is 0 Å².